The molecule has 1 aliphatic carbocycles. The number of benzene rings is 1. The number of unbranched alkanes of at least 4 members (excludes halogenated alkanes) is 3. The lowest BCUT2D eigenvalue weighted by atomic mass is 9.90. The van der Waals surface area contributed by atoms with E-state index in [1.807, 2.05) is 0 Å². The summed E-state index contributed by atoms with van der Waals surface area (Å²) in [6, 6.07) is 8.77. The maximum atomic E-state index is 10.6. The van der Waals surface area contributed by atoms with Gasteiger partial charge in [-0.2, -0.15) is 0 Å². The van der Waals surface area contributed by atoms with Gasteiger partial charge in [-0.15, -0.1) is 0 Å². The van der Waals surface area contributed by atoms with Gasteiger partial charge in [0.2, 0.25) is 0 Å². The third kappa shape index (κ3) is 4.33. The fourth-order valence-corrected chi connectivity index (χ4v) is 4.94. The van der Waals surface area contributed by atoms with Crippen LogP contribution in [0.5, 0.6) is 0 Å². The Bertz CT molecular complexity index is 595. The van der Waals surface area contributed by atoms with Crippen molar-refractivity contribution in [3.8, 4) is 0 Å². The molecule has 25 heavy (non-hydrogen) atoms. The number of fused-ring (bicyclic) bond motifs is 1. The van der Waals surface area contributed by atoms with Crippen molar-refractivity contribution in [2.75, 3.05) is 26.2 Å². The molecule has 0 bridgehead atoms. The SMILES string of the molecule is CCCCCCN1CC2C(C1)C2(C)c1cccc(CCNS(=O)[O-])c1. The molecule has 1 N–H and O–H groups in total. The largest absolute Gasteiger partial charge is 0.760 e. The van der Waals surface area contributed by atoms with E-state index in [4.69, 9.17) is 0 Å². The summed E-state index contributed by atoms with van der Waals surface area (Å²) >= 11 is -2.17. The van der Waals surface area contributed by atoms with Crippen molar-refractivity contribution >= 4 is 11.3 Å². The fraction of sp³-hybridized carbons (Fsp3) is 0.700. The second-order valence-corrected chi connectivity index (χ2v) is 8.65. The molecule has 2 aliphatic rings. The van der Waals surface area contributed by atoms with Crippen LogP contribution in [-0.4, -0.2) is 39.8 Å². The van der Waals surface area contributed by atoms with Crippen LogP contribution in [0.2, 0.25) is 0 Å². The number of piperidine rings is 1. The van der Waals surface area contributed by atoms with E-state index in [2.05, 4.69) is 47.7 Å². The number of hydrogen-bond acceptors (Lipinski definition) is 3. The minimum absolute atomic E-state index is 0.324. The molecule has 1 aromatic rings. The summed E-state index contributed by atoms with van der Waals surface area (Å²) in [5.41, 5.74) is 2.98. The first-order chi connectivity index (χ1) is 12.1. The lowest BCUT2D eigenvalue weighted by molar-refractivity contribution is 0.271. The van der Waals surface area contributed by atoms with Crippen molar-refractivity contribution < 1.29 is 8.76 Å². The third-order valence-electron chi connectivity index (χ3n) is 6.34. The van der Waals surface area contributed by atoms with Crippen LogP contribution in [0.25, 0.3) is 0 Å². The number of hydrogen-bond donors (Lipinski definition) is 1. The van der Waals surface area contributed by atoms with Crippen molar-refractivity contribution in [2.45, 2.75) is 51.4 Å². The molecular weight excluding hydrogens is 332 g/mol. The Hall–Kier alpha value is -0.750. The van der Waals surface area contributed by atoms with Crippen LogP contribution in [0.4, 0.5) is 0 Å². The van der Waals surface area contributed by atoms with E-state index >= 15 is 0 Å². The highest BCUT2D eigenvalue weighted by Gasteiger charge is 2.65. The van der Waals surface area contributed by atoms with E-state index in [9.17, 15) is 8.76 Å². The Morgan fingerprint density at radius 1 is 1.28 bits per heavy atom. The average Bonchev–Trinajstić information content (AvgIpc) is 2.95. The molecule has 2 fully saturated rings. The molecule has 3 unspecified atom stereocenters. The summed E-state index contributed by atoms with van der Waals surface area (Å²) in [5, 5.41) is 0. The number of likely N-dealkylation sites (tertiary alicyclic amines) is 1. The Morgan fingerprint density at radius 3 is 2.72 bits per heavy atom. The number of nitrogens with one attached hydrogen (secondary N) is 1. The Kier molecular flexibility index (Phi) is 6.31. The molecule has 3 rings (SSSR count). The van der Waals surface area contributed by atoms with E-state index < -0.39 is 11.3 Å². The minimum atomic E-state index is -2.17. The molecule has 1 saturated carbocycles. The van der Waals surface area contributed by atoms with Gasteiger partial charge in [0.15, 0.2) is 0 Å². The maximum absolute atomic E-state index is 10.6. The van der Waals surface area contributed by atoms with E-state index in [1.165, 1.54) is 56.4 Å². The third-order valence-corrected chi connectivity index (χ3v) is 6.78. The first kappa shape index (κ1) is 19.0. The van der Waals surface area contributed by atoms with Gasteiger partial charge in [0.25, 0.3) is 0 Å². The van der Waals surface area contributed by atoms with E-state index in [0.29, 0.717) is 12.0 Å². The van der Waals surface area contributed by atoms with Crippen LogP contribution < -0.4 is 4.72 Å². The second-order valence-electron chi connectivity index (χ2n) is 7.90. The smallest absolute Gasteiger partial charge is 0.0181 e. The van der Waals surface area contributed by atoms with Gasteiger partial charge in [-0.3, -0.25) is 4.21 Å². The number of rotatable bonds is 10. The highest BCUT2D eigenvalue weighted by Crippen LogP contribution is 2.63. The maximum Gasteiger partial charge on any atom is 0.0181 e. The molecule has 0 spiro atoms. The van der Waals surface area contributed by atoms with Crippen LogP contribution in [0.15, 0.2) is 24.3 Å². The average molecular weight is 364 g/mol. The summed E-state index contributed by atoms with van der Waals surface area (Å²) < 4.78 is 23.6. The molecule has 1 heterocycles. The van der Waals surface area contributed by atoms with Gasteiger partial charge < -0.3 is 9.45 Å². The molecule has 0 amide bonds. The van der Waals surface area contributed by atoms with Crippen LogP contribution in [0, 0.1) is 11.8 Å². The van der Waals surface area contributed by atoms with Crippen LogP contribution in [-0.2, 0) is 23.1 Å². The van der Waals surface area contributed by atoms with E-state index in [1.54, 1.807) is 0 Å². The van der Waals surface area contributed by atoms with Gasteiger partial charge in [-0.1, -0.05) is 57.4 Å². The highest BCUT2D eigenvalue weighted by molar-refractivity contribution is 7.77. The first-order valence-electron chi connectivity index (χ1n) is 9.70. The summed E-state index contributed by atoms with van der Waals surface area (Å²) in [6.07, 6.45) is 6.12. The Labute approximate surface area is 154 Å². The zero-order valence-electron chi connectivity index (χ0n) is 15.5. The topological polar surface area (TPSA) is 55.4 Å². The molecule has 1 aliphatic heterocycles. The molecule has 1 saturated heterocycles. The molecule has 0 radical (unpaired) electrons. The van der Waals surface area contributed by atoms with Crippen LogP contribution in [0.3, 0.4) is 0 Å². The monoisotopic (exact) mass is 363 g/mol. The highest BCUT2D eigenvalue weighted by atomic mass is 32.2. The Morgan fingerprint density at radius 2 is 2.04 bits per heavy atom. The van der Waals surface area contributed by atoms with Crippen molar-refractivity contribution in [1.82, 2.24) is 9.62 Å². The van der Waals surface area contributed by atoms with Crippen LogP contribution >= 0.6 is 0 Å². The van der Waals surface area contributed by atoms with E-state index in [0.717, 1.165) is 18.3 Å². The molecule has 3 atom stereocenters. The lowest BCUT2D eigenvalue weighted by Gasteiger charge is -2.24. The quantitative estimate of drug-likeness (QED) is 0.513. The number of nitrogens with zero attached hydrogens (tertiary/aromatic N) is 1. The summed E-state index contributed by atoms with van der Waals surface area (Å²) in [6.45, 7) is 8.90. The normalized spacial score (nSPS) is 29.6. The molecule has 140 valence electrons. The zero-order valence-corrected chi connectivity index (χ0v) is 16.3. The molecule has 5 heteroatoms. The van der Waals surface area contributed by atoms with Gasteiger partial charge in [-0.05, 0) is 42.3 Å². The van der Waals surface area contributed by atoms with Gasteiger partial charge in [0, 0.05) is 36.3 Å². The molecule has 4 nitrogen and oxygen atoms in total. The molecule has 1 aromatic carbocycles. The fourth-order valence-electron chi connectivity index (χ4n) is 4.68. The molecular formula is C20H31N2O2S-. The van der Waals surface area contributed by atoms with Gasteiger partial charge >= 0.3 is 0 Å². The predicted octanol–water partition coefficient (Wildman–Crippen LogP) is 3.01. The minimum Gasteiger partial charge on any atom is -0.760 e. The zero-order chi connectivity index (χ0) is 17.9. The van der Waals surface area contributed by atoms with Gasteiger partial charge in [0.05, 0.1) is 0 Å². The van der Waals surface area contributed by atoms with Gasteiger partial charge in [-0.25, -0.2) is 4.72 Å². The summed E-state index contributed by atoms with van der Waals surface area (Å²) in [4.78, 5) is 2.66. The van der Waals surface area contributed by atoms with Crippen molar-refractivity contribution in [2.24, 2.45) is 11.8 Å². The summed E-state index contributed by atoms with van der Waals surface area (Å²) in [7, 11) is 0. The van der Waals surface area contributed by atoms with Crippen molar-refractivity contribution in [1.29, 1.82) is 0 Å². The van der Waals surface area contributed by atoms with E-state index in [-0.39, 0.29) is 0 Å². The second kappa shape index (κ2) is 8.30. The van der Waals surface area contributed by atoms with Crippen LogP contribution in [0.1, 0.15) is 50.7 Å². The Balaban J connectivity index is 1.51. The van der Waals surface area contributed by atoms with Gasteiger partial charge in [0.1, 0.15) is 0 Å². The molecule has 0 aromatic heterocycles. The predicted molar refractivity (Wildman–Crippen MR) is 102 cm³/mol. The standard InChI is InChI=1S/C20H32N2O2S/c1-3-4-5-6-12-22-14-18-19(15-22)20(18,2)17-9-7-8-16(13-17)10-11-21-25(23)24/h7-9,13,18-19,21H,3-6,10-12,14-15H2,1-2H3,(H,23,24)/p-1. The summed E-state index contributed by atoms with van der Waals surface area (Å²) in [5.74, 6) is 1.59. The lowest BCUT2D eigenvalue weighted by Crippen LogP contribution is -2.30. The van der Waals surface area contributed by atoms with Crippen molar-refractivity contribution in [3.05, 3.63) is 35.4 Å². The first-order valence-corrected chi connectivity index (χ1v) is 10.8. The van der Waals surface area contributed by atoms with Crippen molar-refractivity contribution in [3.63, 3.8) is 0 Å².